The molecule has 1 N–H and O–H groups in total. The molecule has 2 saturated heterocycles. The third kappa shape index (κ3) is 3.14. The first-order chi connectivity index (χ1) is 14.5. The van der Waals surface area contributed by atoms with Gasteiger partial charge in [0.25, 0.3) is 0 Å². The highest BCUT2D eigenvalue weighted by Crippen LogP contribution is 2.43. The molecule has 0 radical (unpaired) electrons. The number of esters is 1. The van der Waals surface area contributed by atoms with Crippen molar-refractivity contribution in [3.8, 4) is 0 Å². The number of rotatable bonds is 4. The van der Waals surface area contributed by atoms with Crippen molar-refractivity contribution in [1.29, 1.82) is 0 Å². The van der Waals surface area contributed by atoms with E-state index in [1.807, 2.05) is 23.3 Å². The number of anilines is 1. The van der Waals surface area contributed by atoms with Gasteiger partial charge >= 0.3 is 5.97 Å². The maximum atomic E-state index is 13.1. The van der Waals surface area contributed by atoms with Gasteiger partial charge in [-0.05, 0) is 68.0 Å². The summed E-state index contributed by atoms with van der Waals surface area (Å²) in [4.78, 5) is 29.0. The Bertz CT molecular complexity index is 983. The van der Waals surface area contributed by atoms with E-state index in [0.29, 0.717) is 12.1 Å². The molecule has 1 aromatic carbocycles. The standard InChI is InChI=1S/C22H25N3O4S/c1-14-16(2-3-17-18(14)12-29-20(17)27)19(26)11-24-7-4-22(5-8-24)6-9-25(21(22)28)15-10-23-30-13-15/h2-3,10,13,19,26H,4-9,11-12H2,1H3/t19-/m0/s1. The number of aliphatic hydroxyl groups excluding tert-OH is 1. The van der Waals surface area contributed by atoms with Gasteiger partial charge in [-0.25, -0.2) is 4.79 Å². The van der Waals surface area contributed by atoms with Crippen LogP contribution in [-0.2, 0) is 16.1 Å². The molecule has 1 amide bonds. The van der Waals surface area contributed by atoms with E-state index in [0.717, 1.165) is 61.3 Å². The molecule has 0 saturated carbocycles. The Balaban J connectivity index is 1.23. The Kier molecular flexibility index (Phi) is 4.88. The monoisotopic (exact) mass is 427 g/mol. The fourth-order valence-corrected chi connectivity index (χ4v) is 5.62. The molecule has 30 heavy (non-hydrogen) atoms. The SMILES string of the molecule is Cc1c([C@@H](O)CN2CCC3(CC2)CCN(c2cnsc2)C3=O)ccc2c1COC2=O. The van der Waals surface area contributed by atoms with Crippen LogP contribution in [0.3, 0.4) is 0 Å². The van der Waals surface area contributed by atoms with Gasteiger partial charge in [-0.15, -0.1) is 0 Å². The summed E-state index contributed by atoms with van der Waals surface area (Å²) in [6.45, 7) is 5.10. The Hall–Kier alpha value is -2.29. The van der Waals surface area contributed by atoms with Crippen molar-refractivity contribution < 1.29 is 19.4 Å². The molecule has 3 aliphatic rings. The summed E-state index contributed by atoms with van der Waals surface area (Å²) in [5.41, 5.74) is 3.91. The predicted molar refractivity (Wildman–Crippen MR) is 112 cm³/mol. The number of β-amino-alcohol motifs (C(OH)–C–C–N with tert-alkyl or cyclic N) is 1. The second-order valence-corrected chi connectivity index (χ2v) is 9.23. The third-order valence-electron chi connectivity index (χ3n) is 7.05. The number of fused-ring (bicyclic) bond motifs is 1. The Morgan fingerprint density at radius 1 is 1.23 bits per heavy atom. The van der Waals surface area contributed by atoms with Crippen LogP contribution in [0.1, 0.15) is 52.4 Å². The molecule has 5 rings (SSSR count). The van der Waals surface area contributed by atoms with Crippen LogP contribution in [-0.4, -0.2) is 52.4 Å². The molecule has 1 spiro atoms. The van der Waals surface area contributed by atoms with E-state index >= 15 is 0 Å². The Morgan fingerprint density at radius 3 is 2.73 bits per heavy atom. The summed E-state index contributed by atoms with van der Waals surface area (Å²) in [6, 6.07) is 3.59. The zero-order chi connectivity index (χ0) is 20.9. The molecular formula is C22H25N3O4S. The van der Waals surface area contributed by atoms with Crippen LogP contribution >= 0.6 is 11.5 Å². The molecule has 158 valence electrons. The van der Waals surface area contributed by atoms with Gasteiger partial charge in [-0.1, -0.05) is 6.07 Å². The predicted octanol–water partition coefficient (Wildman–Crippen LogP) is 2.67. The van der Waals surface area contributed by atoms with Gasteiger partial charge in [0.05, 0.1) is 29.0 Å². The summed E-state index contributed by atoms with van der Waals surface area (Å²) in [7, 11) is 0. The van der Waals surface area contributed by atoms with Crippen molar-refractivity contribution in [3.05, 3.63) is 46.0 Å². The smallest absolute Gasteiger partial charge is 0.338 e. The van der Waals surface area contributed by atoms with Gasteiger partial charge in [-0.3, -0.25) is 4.79 Å². The fourth-order valence-electron chi connectivity index (χ4n) is 5.10. The van der Waals surface area contributed by atoms with E-state index in [9.17, 15) is 14.7 Å². The number of carbonyl (C=O) groups is 2. The molecule has 1 atom stereocenters. The number of amides is 1. The van der Waals surface area contributed by atoms with E-state index in [1.165, 1.54) is 11.5 Å². The normalized spacial score (nSPS) is 21.9. The molecule has 1 aromatic heterocycles. The summed E-state index contributed by atoms with van der Waals surface area (Å²) >= 11 is 1.37. The van der Waals surface area contributed by atoms with Gasteiger partial charge in [0, 0.05) is 24.0 Å². The lowest BCUT2D eigenvalue weighted by molar-refractivity contribution is -0.128. The van der Waals surface area contributed by atoms with Crippen LogP contribution in [0, 0.1) is 12.3 Å². The van der Waals surface area contributed by atoms with Crippen LogP contribution in [0.5, 0.6) is 0 Å². The first-order valence-corrected chi connectivity index (χ1v) is 11.2. The number of piperidine rings is 1. The molecule has 3 aliphatic heterocycles. The Morgan fingerprint density at radius 2 is 2.00 bits per heavy atom. The van der Waals surface area contributed by atoms with Crippen molar-refractivity contribution in [1.82, 2.24) is 9.27 Å². The highest BCUT2D eigenvalue weighted by molar-refractivity contribution is 7.04. The van der Waals surface area contributed by atoms with Crippen LogP contribution in [0.25, 0.3) is 0 Å². The van der Waals surface area contributed by atoms with Gasteiger partial charge in [0.2, 0.25) is 5.91 Å². The number of hydrogen-bond donors (Lipinski definition) is 1. The minimum atomic E-state index is -0.632. The van der Waals surface area contributed by atoms with E-state index < -0.39 is 6.10 Å². The second kappa shape index (κ2) is 7.44. The molecule has 8 heteroatoms. The molecule has 0 unspecified atom stereocenters. The molecule has 2 aromatic rings. The number of hydrogen-bond acceptors (Lipinski definition) is 7. The third-order valence-corrected chi connectivity index (χ3v) is 7.63. The average Bonchev–Trinajstić information content (AvgIpc) is 3.46. The van der Waals surface area contributed by atoms with Crippen LogP contribution in [0.15, 0.2) is 23.7 Å². The number of benzene rings is 1. The topological polar surface area (TPSA) is 83.0 Å². The maximum Gasteiger partial charge on any atom is 0.338 e. The van der Waals surface area contributed by atoms with Crippen molar-refractivity contribution in [2.24, 2.45) is 5.41 Å². The summed E-state index contributed by atoms with van der Waals surface area (Å²) in [5.74, 6) is -0.0639. The average molecular weight is 428 g/mol. The van der Waals surface area contributed by atoms with Crippen molar-refractivity contribution in [2.45, 2.75) is 38.9 Å². The van der Waals surface area contributed by atoms with Crippen molar-refractivity contribution in [3.63, 3.8) is 0 Å². The maximum absolute atomic E-state index is 13.1. The first kappa shape index (κ1) is 19.7. The quantitative estimate of drug-likeness (QED) is 0.756. The van der Waals surface area contributed by atoms with E-state index in [4.69, 9.17) is 4.74 Å². The number of cyclic esters (lactones) is 1. The lowest BCUT2D eigenvalue weighted by atomic mass is 9.77. The van der Waals surface area contributed by atoms with Crippen LogP contribution in [0.2, 0.25) is 0 Å². The second-order valence-electron chi connectivity index (χ2n) is 8.57. The lowest BCUT2D eigenvalue weighted by Crippen LogP contribution is -2.45. The van der Waals surface area contributed by atoms with Gasteiger partial charge in [0.15, 0.2) is 0 Å². The number of likely N-dealkylation sites (tertiary alicyclic amines) is 1. The Labute approximate surface area is 179 Å². The van der Waals surface area contributed by atoms with Crippen molar-refractivity contribution in [2.75, 3.05) is 31.1 Å². The zero-order valence-corrected chi connectivity index (χ0v) is 17.8. The molecule has 7 nitrogen and oxygen atoms in total. The first-order valence-electron chi connectivity index (χ1n) is 10.4. The van der Waals surface area contributed by atoms with Gasteiger partial charge < -0.3 is 19.6 Å². The molecule has 2 fully saturated rings. The number of aromatic nitrogens is 1. The highest BCUT2D eigenvalue weighted by atomic mass is 32.1. The number of aliphatic hydroxyl groups is 1. The summed E-state index contributed by atoms with van der Waals surface area (Å²) in [5, 5.41) is 12.8. The highest BCUT2D eigenvalue weighted by Gasteiger charge is 2.48. The van der Waals surface area contributed by atoms with E-state index in [2.05, 4.69) is 9.27 Å². The van der Waals surface area contributed by atoms with E-state index in [1.54, 1.807) is 12.3 Å². The van der Waals surface area contributed by atoms with Gasteiger partial charge in [-0.2, -0.15) is 4.37 Å². The van der Waals surface area contributed by atoms with E-state index in [-0.39, 0.29) is 23.9 Å². The molecular weight excluding hydrogens is 402 g/mol. The summed E-state index contributed by atoms with van der Waals surface area (Å²) < 4.78 is 9.24. The number of nitrogens with zero attached hydrogens (tertiary/aromatic N) is 3. The lowest BCUT2D eigenvalue weighted by Gasteiger charge is -2.38. The number of carbonyl (C=O) groups excluding carboxylic acids is 2. The number of ether oxygens (including phenoxy) is 1. The van der Waals surface area contributed by atoms with Crippen molar-refractivity contribution >= 4 is 29.1 Å². The molecule has 0 bridgehead atoms. The summed E-state index contributed by atoms with van der Waals surface area (Å²) in [6.07, 6.45) is 3.66. The fraction of sp³-hybridized carbons (Fsp3) is 0.500. The molecule has 4 heterocycles. The minimum Gasteiger partial charge on any atom is -0.457 e. The van der Waals surface area contributed by atoms with Crippen LogP contribution in [0.4, 0.5) is 5.69 Å². The van der Waals surface area contributed by atoms with Crippen LogP contribution < -0.4 is 4.90 Å². The van der Waals surface area contributed by atoms with Gasteiger partial charge in [0.1, 0.15) is 6.61 Å². The molecule has 0 aliphatic carbocycles. The minimum absolute atomic E-state index is 0.224. The zero-order valence-electron chi connectivity index (χ0n) is 17.0. The largest absolute Gasteiger partial charge is 0.457 e.